The van der Waals surface area contributed by atoms with Crippen molar-refractivity contribution in [3.63, 3.8) is 0 Å². The Kier molecular flexibility index (Phi) is 5.76. The van der Waals surface area contributed by atoms with E-state index in [2.05, 4.69) is 29.2 Å². The fraction of sp³-hybridized carbons (Fsp3) is 0.250. The van der Waals surface area contributed by atoms with E-state index in [4.69, 9.17) is 16.0 Å². The van der Waals surface area contributed by atoms with Crippen LogP contribution in [-0.2, 0) is 11.3 Å². The van der Waals surface area contributed by atoms with Gasteiger partial charge < -0.3 is 9.73 Å². The number of carbonyl (C=O) groups excluding carboxylic acids is 1. The smallest absolute Gasteiger partial charge is 0.248 e. The highest BCUT2D eigenvalue weighted by Crippen LogP contribution is 2.23. The van der Waals surface area contributed by atoms with Gasteiger partial charge in [0.1, 0.15) is 5.15 Å². The maximum Gasteiger partial charge on any atom is 0.248 e. The Morgan fingerprint density at radius 3 is 2.70 bits per heavy atom. The van der Waals surface area contributed by atoms with Gasteiger partial charge in [-0.1, -0.05) is 25.4 Å². The number of aromatic nitrogens is 3. The zero-order chi connectivity index (χ0) is 19.4. The van der Waals surface area contributed by atoms with E-state index in [-0.39, 0.29) is 5.91 Å². The monoisotopic (exact) mass is 384 g/mol. The number of nitrogens with one attached hydrogen (secondary N) is 1. The molecule has 7 heteroatoms. The topological polar surface area (TPSA) is 73.0 Å². The molecule has 27 heavy (non-hydrogen) atoms. The highest BCUT2D eigenvalue weighted by molar-refractivity contribution is 6.31. The minimum Gasteiger partial charge on any atom is -0.444 e. The lowest BCUT2D eigenvalue weighted by Crippen LogP contribution is -2.07. The van der Waals surface area contributed by atoms with Gasteiger partial charge in [0.2, 0.25) is 5.91 Å². The lowest BCUT2D eigenvalue weighted by molar-refractivity contribution is -0.111. The Bertz CT molecular complexity index is 941. The second-order valence-electron chi connectivity index (χ2n) is 6.63. The number of oxazole rings is 1. The first kappa shape index (κ1) is 18.9. The average molecular weight is 385 g/mol. The molecule has 3 aromatic rings. The molecule has 0 saturated carbocycles. The number of halogens is 1. The van der Waals surface area contributed by atoms with Gasteiger partial charge in [-0.05, 0) is 43.2 Å². The van der Waals surface area contributed by atoms with Gasteiger partial charge in [-0.15, -0.1) is 0 Å². The largest absolute Gasteiger partial charge is 0.444 e. The first-order valence-corrected chi connectivity index (χ1v) is 9.02. The van der Waals surface area contributed by atoms with E-state index in [1.807, 2.05) is 31.2 Å². The molecule has 2 aromatic heterocycles. The van der Waals surface area contributed by atoms with Crippen molar-refractivity contribution in [2.24, 2.45) is 5.92 Å². The highest BCUT2D eigenvalue weighted by atomic mass is 35.5. The number of rotatable bonds is 6. The third kappa shape index (κ3) is 4.65. The Hall–Kier alpha value is -2.86. The summed E-state index contributed by atoms with van der Waals surface area (Å²) < 4.78 is 7.01. The molecule has 0 bridgehead atoms. The average Bonchev–Trinajstić information content (AvgIpc) is 3.23. The summed E-state index contributed by atoms with van der Waals surface area (Å²) in [6, 6.07) is 7.33. The molecule has 3 rings (SSSR count). The van der Waals surface area contributed by atoms with Gasteiger partial charge in [-0.2, -0.15) is 5.10 Å². The molecule has 0 radical (unpaired) electrons. The van der Waals surface area contributed by atoms with E-state index >= 15 is 0 Å². The third-order valence-electron chi connectivity index (χ3n) is 3.92. The molecule has 1 amide bonds. The highest BCUT2D eigenvalue weighted by Gasteiger charge is 2.12. The van der Waals surface area contributed by atoms with Crippen molar-refractivity contribution in [2.45, 2.75) is 27.3 Å². The van der Waals surface area contributed by atoms with E-state index in [1.54, 1.807) is 17.0 Å². The number of hydrogen-bond donors (Lipinski definition) is 1. The van der Waals surface area contributed by atoms with Gasteiger partial charge in [0.25, 0.3) is 0 Å². The predicted octanol–water partition coefficient (Wildman–Crippen LogP) is 4.81. The van der Waals surface area contributed by atoms with Gasteiger partial charge in [0.05, 0.1) is 11.9 Å². The molecule has 0 aliphatic heterocycles. The summed E-state index contributed by atoms with van der Waals surface area (Å²) in [5.41, 5.74) is 3.13. The third-order valence-corrected chi connectivity index (χ3v) is 4.32. The number of carbonyl (C=O) groups is 1. The Morgan fingerprint density at radius 2 is 2.07 bits per heavy atom. The molecule has 2 heterocycles. The molecule has 0 saturated heterocycles. The minimum absolute atomic E-state index is 0.241. The number of nitrogens with zero attached hydrogens (tertiary/aromatic N) is 3. The summed E-state index contributed by atoms with van der Waals surface area (Å²) in [4.78, 5) is 16.1. The summed E-state index contributed by atoms with van der Waals surface area (Å²) in [7, 11) is 0. The Morgan fingerprint density at radius 1 is 1.33 bits per heavy atom. The quantitative estimate of drug-likeness (QED) is 0.619. The molecule has 6 nitrogen and oxygen atoms in total. The number of hydrogen-bond acceptors (Lipinski definition) is 4. The van der Waals surface area contributed by atoms with Gasteiger partial charge >= 0.3 is 0 Å². The van der Waals surface area contributed by atoms with Crippen molar-refractivity contribution in [3.8, 4) is 11.3 Å². The summed E-state index contributed by atoms with van der Waals surface area (Å²) in [5.74, 6) is 0.868. The predicted molar refractivity (Wildman–Crippen MR) is 106 cm³/mol. The summed E-state index contributed by atoms with van der Waals surface area (Å²) in [6.45, 7) is 6.81. The Labute approximate surface area is 162 Å². The van der Waals surface area contributed by atoms with Crippen LogP contribution in [0, 0.1) is 12.8 Å². The van der Waals surface area contributed by atoms with Crippen LogP contribution in [-0.4, -0.2) is 20.7 Å². The van der Waals surface area contributed by atoms with Crippen LogP contribution in [0.3, 0.4) is 0 Å². The van der Waals surface area contributed by atoms with Crippen LogP contribution < -0.4 is 5.32 Å². The number of aryl methyl sites for hydroxylation is 1. The molecule has 0 spiro atoms. The van der Waals surface area contributed by atoms with Crippen LogP contribution in [0.25, 0.3) is 17.4 Å². The molecule has 0 aliphatic rings. The molecule has 1 N–H and O–H groups in total. The fourth-order valence-corrected chi connectivity index (χ4v) is 2.95. The first-order chi connectivity index (χ1) is 12.9. The van der Waals surface area contributed by atoms with E-state index < -0.39 is 0 Å². The van der Waals surface area contributed by atoms with Crippen LogP contribution in [0.4, 0.5) is 5.69 Å². The summed E-state index contributed by atoms with van der Waals surface area (Å²) in [6.07, 6.45) is 6.17. The molecule has 0 aliphatic carbocycles. The van der Waals surface area contributed by atoms with Gasteiger partial charge in [-0.25, -0.2) is 4.98 Å². The van der Waals surface area contributed by atoms with E-state index in [1.165, 1.54) is 12.5 Å². The molecular formula is C20H21ClN4O2. The number of anilines is 1. The zero-order valence-corrected chi connectivity index (χ0v) is 16.2. The number of amides is 1. The van der Waals surface area contributed by atoms with Gasteiger partial charge in [-0.3, -0.25) is 9.48 Å². The van der Waals surface area contributed by atoms with E-state index in [9.17, 15) is 4.79 Å². The molecule has 1 aromatic carbocycles. The van der Waals surface area contributed by atoms with Crippen molar-refractivity contribution in [3.05, 3.63) is 59.3 Å². The van der Waals surface area contributed by atoms with Crippen LogP contribution in [0.15, 0.2) is 47.3 Å². The molecule has 140 valence electrons. The van der Waals surface area contributed by atoms with E-state index in [0.29, 0.717) is 22.5 Å². The lowest BCUT2D eigenvalue weighted by Gasteiger charge is -2.05. The van der Waals surface area contributed by atoms with Crippen LogP contribution in [0.1, 0.15) is 25.1 Å². The van der Waals surface area contributed by atoms with Crippen LogP contribution in [0.5, 0.6) is 0 Å². The van der Waals surface area contributed by atoms with Crippen molar-refractivity contribution in [1.82, 2.24) is 14.8 Å². The number of benzene rings is 1. The van der Waals surface area contributed by atoms with Crippen LogP contribution in [0.2, 0.25) is 5.15 Å². The SMILES string of the molecule is Cc1nn(CC(C)C)c(Cl)c1C=CC(=O)Nc1ccc(-c2cnco2)cc1. The second-order valence-corrected chi connectivity index (χ2v) is 6.99. The standard InChI is InChI=1S/C20H21ClN4O2/c1-13(2)11-25-20(21)17(14(3)24-25)8-9-19(26)23-16-6-4-15(5-7-16)18-10-22-12-27-18/h4-10,12-13H,11H2,1-3H3,(H,23,26). The first-order valence-electron chi connectivity index (χ1n) is 8.65. The fourth-order valence-electron chi connectivity index (χ4n) is 2.64. The van der Waals surface area contributed by atoms with Crippen LogP contribution >= 0.6 is 11.6 Å². The second kappa shape index (κ2) is 8.22. The van der Waals surface area contributed by atoms with Crippen molar-refractivity contribution < 1.29 is 9.21 Å². The molecule has 0 fully saturated rings. The Balaban J connectivity index is 1.66. The maximum atomic E-state index is 12.2. The van der Waals surface area contributed by atoms with Gasteiger partial charge in [0.15, 0.2) is 12.2 Å². The van der Waals surface area contributed by atoms with Gasteiger partial charge in [0, 0.05) is 29.4 Å². The van der Waals surface area contributed by atoms with Crippen molar-refractivity contribution in [2.75, 3.05) is 5.32 Å². The summed E-state index contributed by atoms with van der Waals surface area (Å²) in [5, 5.41) is 7.80. The maximum absolute atomic E-state index is 12.2. The minimum atomic E-state index is -0.241. The lowest BCUT2D eigenvalue weighted by atomic mass is 10.1. The zero-order valence-electron chi connectivity index (χ0n) is 15.4. The van der Waals surface area contributed by atoms with E-state index in [0.717, 1.165) is 23.4 Å². The normalized spacial score (nSPS) is 11.4. The molecule has 0 atom stereocenters. The summed E-state index contributed by atoms with van der Waals surface area (Å²) >= 11 is 6.39. The molecular weight excluding hydrogens is 364 g/mol. The molecule has 0 unspecified atom stereocenters. The van der Waals surface area contributed by atoms with Crippen molar-refractivity contribution in [1.29, 1.82) is 0 Å². The van der Waals surface area contributed by atoms with Crippen molar-refractivity contribution >= 4 is 29.3 Å².